The van der Waals surface area contributed by atoms with Crippen LogP contribution in [0.1, 0.15) is 57.1 Å². The molecule has 2 atom stereocenters. The first kappa shape index (κ1) is 16.5. The molecule has 0 radical (unpaired) electrons. The Bertz CT molecular complexity index is 416. The van der Waals surface area contributed by atoms with Gasteiger partial charge >= 0.3 is 0 Å². The molecule has 2 nitrogen and oxygen atoms in total. The number of rotatable bonds is 6. The number of ether oxygens (including phenoxy) is 1. The van der Waals surface area contributed by atoms with E-state index in [-0.39, 0.29) is 0 Å². The van der Waals surface area contributed by atoms with Gasteiger partial charge in [-0.25, -0.2) is 0 Å². The molecule has 0 saturated heterocycles. The van der Waals surface area contributed by atoms with Gasteiger partial charge in [-0.15, -0.1) is 0 Å². The van der Waals surface area contributed by atoms with Crippen molar-refractivity contribution < 1.29 is 4.74 Å². The predicted octanol–water partition coefficient (Wildman–Crippen LogP) is 4.53. The second kappa shape index (κ2) is 8.55. The van der Waals surface area contributed by atoms with Crippen LogP contribution in [0.5, 0.6) is 0 Å². The van der Waals surface area contributed by atoms with Gasteiger partial charge in [-0.3, -0.25) is 0 Å². The summed E-state index contributed by atoms with van der Waals surface area (Å²) in [6.45, 7) is 6.42. The van der Waals surface area contributed by atoms with Crippen LogP contribution in [0.2, 0.25) is 0 Å². The molecule has 2 unspecified atom stereocenters. The van der Waals surface area contributed by atoms with Crippen molar-refractivity contribution in [1.82, 2.24) is 5.32 Å². The number of hydrogen-bond donors (Lipinski definition) is 1. The van der Waals surface area contributed by atoms with Gasteiger partial charge in [0.1, 0.15) is 0 Å². The van der Waals surface area contributed by atoms with Gasteiger partial charge < -0.3 is 10.1 Å². The smallest absolute Gasteiger partial charge is 0.0716 e. The van der Waals surface area contributed by atoms with Gasteiger partial charge in [-0.1, -0.05) is 51.0 Å². The number of hydrogen-bond acceptors (Lipinski definition) is 2. The molecule has 0 bridgehead atoms. The fraction of sp³-hybridized carbons (Fsp3) is 0.684. The van der Waals surface area contributed by atoms with Crippen LogP contribution in [0.25, 0.3) is 0 Å². The lowest BCUT2D eigenvalue weighted by molar-refractivity contribution is 0.184. The quantitative estimate of drug-likeness (QED) is 0.777. The minimum Gasteiger partial charge on any atom is -0.380 e. The average molecular weight is 289 g/mol. The maximum Gasteiger partial charge on any atom is 0.0716 e. The van der Waals surface area contributed by atoms with Gasteiger partial charge in [0.05, 0.1) is 6.61 Å². The topological polar surface area (TPSA) is 21.3 Å². The summed E-state index contributed by atoms with van der Waals surface area (Å²) < 4.78 is 5.29. The summed E-state index contributed by atoms with van der Waals surface area (Å²) in [7, 11) is 1.77. The van der Waals surface area contributed by atoms with Crippen LogP contribution in [0.15, 0.2) is 24.3 Å². The molecular weight excluding hydrogens is 258 g/mol. The van der Waals surface area contributed by atoms with Crippen LogP contribution in [0, 0.1) is 11.8 Å². The van der Waals surface area contributed by atoms with Crippen LogP contribution in [-0.2, 0) is 17.9 Å². The standard InChI is InChI=1S/C19H31NO/c1-15(2)16-9-6-10-19(12-11-16)20-13-17-7-4-5-8-18(17)14-21-3/h4-5,7-8,15-16,19-20H,6,9-14H2,1-3H3. The lowest BCUT2D eigenvalue weighted by Crippen LogP contribution is -2.28. The highest BCUT2D eigenvalue weighted by Gasteiger charge is 2.20. The van der Waals surface area contributed by atoms with E-state index in [1.807, 2.05) is 0 Å². The van der Waals surface area contributed by atoms with Gasteiger partial charge in [0.25, 0.3) is 0 Å². The normalized spacial score (nSPS) is 23.2. The summed E-state index contributed by atoms with van der Waals surface area (Å²) in [6, 6.07) is 9.29. The minimum absolute atomic E-state index is 0.685. The second-order valence-electron chi connectivity index (χ2n) is 6.79. The van der Waals surface area contributed by atoms with E-state index in [9.17, 15) is 0 Å². The Hall–Kier alpha value is -0.860. The highest BCUT2D eigenvalue weighted by molar-refractivity contribution is 5.26. The maximum atomic E-state index is 5.29. The van der Waals surface area contributed by atoms with Crippen LogP contribution >= 0.6 is 0 Å². The van der Waals surface area contributed by atoms with Crippen molar-refractivity contribution in [3.8, 4) is 0 Å². The second-order valence-corrected chi connectivity index (χ2v) is 6.79. The zero-order valence-electron chi connectivity index (χ0n) is 13.9. The summed E-state index contributed by atoms with van der Waals surface area (Å²) in [6.07, 6.45) is 6.83. The molecule has 0 amide bonds. The zero-order valence-corrected chi connectivity index (χ0v) is 13.9. The number of methoxy groups -OCH3 is 1. The first-order valence-corrected chi connectivity index (χ1v) is 8.49. The van der Waals surface area contributed by atoms with E-state index in [4.69, 9.17) is 4.74 Å². The van der Waals surface area contributed by atoms with E-state index in [2.05, 4.69) is 43.4 Å². The molecule has 1 N–H and O–H groups in total. The molecule has 1 aromatic rings. The summed E-state index contributed by atoms with van der Waals surface area (Å²) in [5.41, 5.74) is 2.69. The van der Waals surface area contributed by atoms with Crippen LogP contribution < -0.4 is 5.32 Å². The van der Waals surface area contributed by atoms with Crippen molar-refractivity contribution >= 4 is 0 Å². The van der Waals surface area contributed by atoms with Crippen molar-refractivity contribution in [2.75, 3.05) is 7.11 Å². The van der Waals surface area contributed by atoms with Crippen molar-refractivity contribution in [2.45, 2.75) is 65.1 Å². The summed E-state index contributed by atoms with van der Waals surface area (Å²) in [4.78, 5) is 0. The Labute approximate surface area is 130 Å². The Morgan fingerprint density at radius 1 is 1.10 bits per heavy atom. The fourth-order valence-corrected chi connectivity index (χ4v) is 3.48. The van der Waals surface area contributed by atoms with Crippen LogP contribution in [-0.4, -0.2) is 13.2 Å². The van der Waals surface area contributed by atoms with Crippen molar-refractivity contribution in [2.24, 2.45) is 11.8 Å². The van der Waals surface area contributed by atoms with Gasteiger partial charge in [-0.05, 0) is 42.2 Å². The molecule has 0 spiro atoms. The molecule has 0 aromatic heterocycles. The Kier molecular flexibility index (Phi) is 6.72. The molecule has 2 heteroatoms. The number of nitrogens with one attached hydrogen (secondary N) is 1. The highest BCUT2D eigenvalue weighted by atomic mass is 16.5. The first-order chi connectivity index (χ1) is 10.2. The van der Waals surface area contributed by atoms with E-state index in [0.717, 1.165) is 18.4 Å². The monoisotopic (exact) mass is 289 g/mol. The third kappa shape index (κ3) is 5.12. The molecule has 1 saturated carbocycles. The van der Waals surface area contributed by atoms with Gasteiger partial charge in [0.15, 0.2) is 0 Å². The molecular formula is C19H31NO. The summed E-state index contributed by atoms with van der Waals surface area (Å²) in [5, 5.41) is 3.78. The summed E-state index contributed by atoms with van der Waals surface area (Å²) in [5.74, 6) is 1.77. The van der Waals surface area contributed by atoms with E-state index >= 15 is 0 Å². The van der Waals surface area contributed by atoms with Gasteiger partial charge in [0.2, 0.25) is 0 Å². The highest BCUT2D eigenvalue weighted by Crippen LogP contribution is 2.29. The first-order valence-electron chi connectivity index (χ1n) is 8.49. The summed E-state index contributed by atoms with van der Waals surface area (Å²) >= 11 is 0. The number of benzene rings is 1. The third-order valence-electron chi connectivity index (χ3n) is 4.96. The molecule has 118 valence electrons. The minimum atomic E-state index is 0.685. The maximum absolute atomic E-state index is 5.29. The zero-order chi connectivity index (χ0) is 15.1. The van der Waals surface area contributed by atoms with E-state index in [1.165, 1.54) is 43.2 Å². The third-order valence-corrected chi connectivity index (χ3v) is 4.96. The molecule has 0 heterocycles. The van der Waals surface area contributed by atoms with Crippen LogP contribution in [0.3, 0.4) is 0 Å². The fourth-order valence-electron chi connectivity index (χ4n) is 3.48. The van der Waals surface area contributed by atoms with E-state index in [1.54, 1.807) is 7.11 Å². The molecule has 2 rings (SSSR count). The Balaban J connectivity index is 1.85. The van der Waals surface area contributed by atoms with E-state index in [0.29, 0.717) is 12.6 Å². The van der Waals surface area contributed by atoms with Crippen molar-refractivity contribution in [3.05, 3.63) is 35.4 Å². The molecule has 1 fully saturated rings. The molecule has 21 heavy (non-hydrogen) atoms. The molecule has 1 aromatic carbocycles. The van der Waals surface area contributed by atoms with Gasteiger partial charge in [0, 0.05) is 19.7 Å². The lowest BCUT2D eigenvalue weighted by Gasteiger charge is -2.19. The van der Waals surface area contributed by atoms with Gasteiger partial charge in [-0.2, -0.15) is 0 Å². The van der Waals surface area contributed by atoms with E-state index < -0.39 is 0 Å². The largest absolute Gasteiger partial charge is 0.380 e. The molecule has 0 aliphatic heterocycles. The molecule has 1 aliphatic rings. The average Bonchev–Trinajstić information content (AvgIpc) is 2.72. The van der Waals surface area contributed by atoms with Crippen molar-refractivity contribution in [3.63, 3.8) is 0 Å². The van der Waals surface area contributed by atoms with Crippen LogP contribution in [0.4, 0.5) is 0 Å². The lowest BCUT2D eigenvalue weighted by atomic mass is 9.89. The Morgan fingerprint density at radius 2 is 1.86 bits per heavy atom. The van der Waals surface area contributed by atoms with Crippen molar-refractivity contribution in [1.29, 1.82) is 0 Å². The molecule has 1 aliphatic carbocycles. The Morgan fingerprint density at radius 3 is 2.57 bits per heavy atom. The SMILES string of the molecule is COCc1ccccc1CNC1CCCC(C(C)C)CC1. The predicted molar refractivity (Wildman–Crippen MR) is 89.2 cm³/mol.